The predicted octanol–water partition coefficient (Wildman–Crippen LogP) is -0.567. The van der Waals surface area contributed by atoms with Gasteiger partial charge in [0.1, 0.15) is 0 Å². The number of ether oxygens (including phenoxy) is 1. The summed E-state index contributed by atoms with van der Waals surface area (Å²) in [5.41, 5.74) is 5.24. The van der Waals surface area contributed by atoms with Gasteiger partial charge in [-0.2, -0.15) is 0 Å². The highest BCUT2D eigenvalue weighted by Gasteiger charge is 2.32. The molecule has 0 bridgehead atoms. The fraction of sp³-hybridized carbons (Fsp3) is 0.846. The molecule has 1 unspecified atom stereocenters. The summed E-state index contributed by atoms with van der Waals surface area (Å²) in [7, 11) is 0. The molecule has 2 aliphatic rings. The van der Waals surface area contributed by atoms with Crippen molar-refractivity contribution in [2.75, 3.05) is 45.9 Å². The lowest BCUT2D eigenvalue weighted by Crippen LogP contribution is -2.37. The van der Waals surface area contributed by atoms with E-state index in [-0.39, 0.29) is 17.7 Å². The Morgan fingerprint density at radius 3 is 2.58 bits per heavy atom. The lowest BCUT2D eigenvalue weighted by atomic mass is 10.1. The van der Waals surface area contributed by atoms with Crippen LogP contribution in [0.15, 0.2) is 0 Å². The summed E-state index contributed by atoms with van der Waals surface area (Å²) in [5, 5.41) is 0. The van der Waals surface area contributed by atoms with Crippen LogP contribution in [0.5, 0.6) is 0 Å². The molecule has 6 heteroatoms. The molecule has 0 aromatic carbocycles. The molecule has 1 atom stereocenters. The van der Waals surface area contributed by atoms with E-state index in [9.17, 15) is 9.59 Å². The van der Waals surface area contributed by atoms with Crippen LogP contribution in [0.1, 0.15) is 19.3 Å². The van der Waals surface area contributed by atoms with Crippen molar-refractivity contribution in [2.24, 2.45) is 11.7 Å². The Labute approximate surface area is 113 Å². The maximum atomic E-state index is 11.7. The highest BCUT2D eigenvalue weighted by Crippen LogP contribution is 2.17. The van der Waals surface area contributed by atoms with Crippen molar-refractivity contribution < 1.29 is 14.3 Å². The summed E-state index contributed by atoms with van der Waals surface area (Å²) >= 11 is 0. The van der Waals surface area contributed by atoms with Gasteiger partial charge in [0.15, 0.2) is 0 Å². The molecule has 2 aliphatic heterocycles. The van der Waals surface area contributed by atoms with Crippen molar-refractivity contribution in [1.29, 1.82) is 0 Å². The molecule has 2 amide bonds. The molecule has 2 saturated heterocycles. The van der Waals surface area contributed by atoms with Crippen LogP contribution in [-0.2, 0) is 14.3 Å². The maximum absolute atomic E-state index is 11.7. The highest BCUT2D eigenvalue weighted by molar-refractivity contribution is 5.88. The molecule has 108 valence electrons. The molecule has 19 heavy (non-hydrogen) atoms. The number of rotatable bonds is 6. The van der Waals surface area contributed by atoms with Crippen LogP contribution in [-0.4, -0.2) is 67.6 Å². The smallest absolute Gasteiger partial charge is 0.223 e. The molecule has 2 heterocycles. The molecule has 6 nitrogen and oxygen atoms in total. The number of unbranched alkanes of at least 4 members (excludes halogenated alkanes) is 1. The molecular weight excluding hydrogens is 246 g/mol. The van der Waals surface area contributed by atoms with Gasteiger partial charge in [0.05, 0.1) is 19.1 Å². The number of likely N-dealkylation sites (tertiary alicyclic amines) is 1. The summed E-state index contributed by atoms with van der Waals surface area (Å²) in [6.45, 7) is 5.97. The number of carbonyl (C=O) groups excluding carboxylic acids is 2. The molecule has 0 aromatic rings. The van der Waals surface area contributed by atoms with E-state index >= 15 is 0 Å². The number of hydrogen-bond donors (Lipinski definition) is 1. The first kappa shape index (κ1) is 14.3. The lowest BCUT2D eigenvalue weighted by Gasteiger charge is -2.26. The SMILES string of the molecule is NC(=O)C1CC(=O)N(CCCCN2CCOCC2)C1. The number of carbonyl (C=O) groups is 2. The van der Waals surface area contributed by atoms with Crippen molar-refractivity contribution in [3.8, 4) is 0 Å². The quantitative estimate of drug-likeness (QED) is 0.655. The Hall–Kier alpha value is -1.14. The maximum Gasteiger partial charge on any atom is 0.223 e. The van der Waals surface area contributed by atoms with E-state index in [0.29, 0.717) is 13.0 Å². The van der Waals surface area contributed by atoms with E-state index in [0.717, 1.165) is 52.2 Å². The molecule has 0 aliphatic carbocycles. The van der Waals surface area contributed by atoms with Crippen molar-refractivity contribution in [3.05, 3.63) is 0 Å². The van der Waals surface area contributed by atoms with Crippen molar-refractivity contribution in [3.63, 3.8) is 0 Å². The number of morpholine rings is 1. The molecular formula is C13H23N3O3. The first-order valence-electron chi connectivity index (χ1n) is 7.04. The number of nitrogens with two attached hydrogens (primary N) is 1. The van der Waals surface area contributed by atoms with Crippen LogP contribution in [0.4, 0.5) is 0 Å². The molecule has 0 aromatic heterocycles. The molecule has 0 saturated carbocycles. The molecule has 0 spiro atoms. The van der Waals surface area contributed by atoms with Gasteiger partial charge in [0.2, 0.25) is 11.8 Å². The third-order valence-corrected chi connectivity index (χ3v) is 3.87. The van der Waals surface area contributed by atoms with Crippen molar-refractivity contribution in [2.45, 2.75) is 19.3 Å². The van der Waals surface area contributed by atoms with Crippen LogP contribution in [0.2, 0.25) is 0 Å². The van der Waals surface area contributed by atoms with Gasteiger partial charge in [-0.1, -0.05) is 0 Å². The van der Waals surface area contributed by atoms with E-state index in [2.05, 4.69) is 4.90 Å². The Kier molecular flexibility index (Phi) is 5.15. The van der Waals surface area contributed by atoms with Gasteiger partial charge in [-0.3, -0.25) is 14.5 Å². The molecule has 2 fully saturated rings. The fourth-order valence-corrected chi connectivity index (χ4v) is 2.64. The van der Waals surface area contributed by atoms with Gasteiger partial charge in [-0.05, 0) is 19.4 Å². The zero-order chi connectivity index (χ0) is 13.7. The Bertz CT molecular complexity index is 329. The van der Waals surface area contributed by atoms with E-state index in [4.69, 9.17) is 10.5 Å². The summed E-state index contributed by atoms with van der Waals surface area (Å²) in [6, 6.07) is 0. The van der Waals surface area contributed by atoms with Gasteiger partial charge < -0.3 is 15.4 Å². The summed E-state index contributed by atoms with van der Waals surface area (Å²) < 4.78 is 5.30. The van der Waals surface area contributed by atoms with Crippen LogP contribution < -0.4 is 5.73 Å². The largest absolute Gasteiger partial charge is 0.379 e. The second-order valence-electron chi connectivity index (χ2n) is 5.30. The number of hydrogen-bond acceptors (Lipinski definition) is 4. The van der Waals surface area contributed by atoms with E-state index < -0.39 is 0 Å². The van der Waals surface area contributed by atoms with Gasteiger partial charge >= 0.3 is 0 Å². The first-order valence-corrected chi connectivity index (χ1v) is 7.04. The second kappa shape index (κ2) is 6.86. The van der Waals surface area contributed by atoms with E-state index in [1.165, 1.54) is 0 Å². The minimum Gasteiger partial charge on any atom is -0.379 e. The summed E-state index contributed by atoms with van der Waals surface area (Å²) in [5.74, 6) is -0.578. The van der Waals surface area contributed by atoms with Crippen molar-refractivity contribution in [1.82, 2.24) is 9.80 Å². The predicted molar refractivity (Wildman–Crippen MR) is 70.4 cm³/mol. The fourth-order valence-electron chi connectivity index (χ4n) is 2.64. The molecule has 2 rings (SSSR count). The zero-order valence-corrected chi connectivity index (χ0v) is 11.3. The van der Waals surface area contributed by atoms with Gasteiger partial charge in [0.25, 0.3) is 0 Å². The van der Waals surface area contributed by atoms with Crippen LogP contribution in [0, 0.1) is 5.92 Å². The van der Waals surface area contributed by atoms with Gasteiger partial charge in [-0.15, -0.1) is 0 Å². The van der Waals surface area contributed by atoms with Crippen LogP contribution in [0.3, 0.4) is 0 Å². The third-order valence-electron chi connectivity index (χ3n) is 3.87. The Morgan fingerprint density at radius 1 is 1.26 bits per heavy atom. The normalized spacial score (nSPS) is 24.9. The number of amides is 2. The van der Waals surface area contributed by atoms with Gasteiger partial charge in [0, 0.05) is 32.6 Å². The third kappa shape index (κ3) is 4.18. The van der Waals surface area contributed by atoms with Gasteiger partial charge in [-0.25, -0.2) is 0 Å². The Morgan fingerprint density at radius 2 is 1.95 bits per heavy atom. The van der Waals surface area contributed by atoms with Crippen LogP contribution >= 0.6 is 0 Å². The monoisotopic (exact) mass is 269 g/mol. The molecule has 0 radical (unpaired) electrons. The zero-order valence-electron chi connectivity index (χ0n) is 11.3. The first-order chi connectivity index (χ1) is 9.16. The minimum atomic E-state index is -0.357. The van der Waals surface area contributed by atoms with E-state index in [1.807, 2.05) is 0 Å². The average molecular weight is 269 g/mol. The summed E-state index contributed by atoms with van der Waals surface area (Å²) in [4.78, 5) is 26.9. The number of nitrogens with zero attached hydrogens (tertiary/aromatic N) is 2. The molecule has 2 N–H and O–H groups in total. The highest BCUT2D eigenvalue weighted by atomic mass is 16.5. The lowest BCUT2D eigenvalue weighted by molar-refractivity contribution is -0.128. The standard InChI is InChI=1S/C13H23N3O3/c14-13(18)11-9-12(17)16(10-11)4-2-1-3-15-5-7-19-8-6-15/h11H,1-10H2,(H2,14,18). The number of primary amides is 1. The summed E-state index contributed by atoms with van der Waals surface area (Å²) in [6.07, 6.45) is 2.35. The second-order valence-corrected chi connectivity index (χ2v) is 5.30. The van der Waals surface area contributed by atoms with E-state index in [1.54, 1.807) is 4.90 Å². The van der Waals surface area contributed by atoms with Crippen LogP contribution in [0.25, 0.3) is 0 Å². The van der Waals surface area contributed by atoms with Crippen molar-refractivity contribution >= 4 is 11.8 Å². The topological polar surface area (TPSA) is 75.9 Å². The Balaban J connectivity index is 1.60. The average Bonchev–Trinajstić information content (AvgIpc) is 2.78. The minimum absolute atomic E-state index is 0.0650.